The average Bonchev–Trinajstić information content (AvgIpc) is 2.87. The van der Waals surface area contributed by atoms with E-state index in [2.05, 4.69) is 15.8 Å². The van der Waals surface area contributed by atoms with Crippen molar-refractivity contribution >= 4 is 29.6 Å². The number of amides is 2. The number of nitrogens with zero attached hydrogens (tertiary/aromatic N) is 1. The molecular formula is C25H23ClFN3O5. The maximum atomic E-state index is 14.1. The van der Waals surface area contributed by atoms with Crippen LogP contribution in [0.2, 0.25) is 5.02 Å². The van der Waals surface area contributed by atoms with Crippen molar-refractivity contribution in [3.05, 3.63) is 88.2 Å². The van der Waals surface area contributed by atoms with Gasteiger partial charge in [-0.2, -0.15) is 5.10 Å². The fourth-order valence-corrected chi connectivity index (χ4v) is 3.20. The highest BCUT2D eigenvalue weighted by atomic mass is 35.5. The maximum absolute atomic E-state index is 14.1. The zero-order valence-electron chi connectivity index (χ0n) is 19.0. The second-order valence-electron chi connectivity index (χ2n) is 7.10. The molecule has 0 radical (unpaired) electrons. The first kappa shape index (κ1) is 25.5. The smallest absolute Gasteiger partial charge is 0.329 e. The van der Waals surface area contributed by atoms with Gasteiger partial charge in [0.25, 0.3) is 0 Å². The molecule has 0 saturated heterocycles. The molecule has 2 N–H and O–H groups in total. The van der Waals surface area contributed by atoms with Crippen LogP contribution in [0.25, 0.3) is 0 Å². The quantitative estimate of drug-likeness (QED) is 0.265. The van der Waals surface area contributed by atoms with E-state index < -0.39 is 17.6 Å². The highest BCUT2D eigenvalue weighted by Crippen LogP contribution is 2.32. The summed E-state index contributed by atoms with van der Waals surface area (Å²) in [4.78, 5) is 24.1. The number of nitrogens with one attached hydrogen (secondary N) is 2. The molecule has 10 heteroatoms. The van der Waals surface area contributed by atoms with Crippen LogP contribution in [0.15, 0.2) is 65.8 Å². The maximum Gasteiger partial charge on any atom is 0.329 e. The van der Waals surface area contributed by atoms with E-state index in [1.807, 2.05) is 0 Å². The molecule has 8 nitrogen and oxygen atoms in total. The lowest BCUT2D eigenvalue weighted by atomic mass is 10.2. The van der Waals surface area contributed by atoms with Gasteiger partial charge in [-0.3, -0.25) is 9.59 Å². The topological polar surface area (TPSA) is 98.2 Å². The van der Waals surface area contributed by atoms with Crippen LogP contribution in [0.4, 0.5) is 4.39 Å². The van der Waals surface area contributed by atoms with Crippen molar-refractivity contribution in [3.63, 3.8) is 0 Å². The molecule has 2 amide bonds. The first-order valence-corrected chi connectivity index (χ1v) is 10.8. The SMILES string of the molecule is COc1ccc(CNC(=O)C(=O)N/N=C\c2cccc(OC)c2OCc2c(F)cccc2Cl)cc1. The van der Waals surface area contributed by atoms with Crippen molar-refractivity contribution < 1.29 is 28.2 Å². The predicted molar refractivity (Wildman–Crippen MR) is 129 cm³/mol. The van der Waals surface area contributed by atoms with Crippen LogP contribution < -0.4 is 25.0 Å². The van der Waals surface area contributed by atoms with Gasteiger partial charge >= 0.3 is 11.8 Å². The number of hydrogen-bond donors (Lipinski definition) is 2. The van der Waals surface area contributed by atoms with Crippen LogP contribution in [0.5, 0.6) is 17.2 Å². The normalized spacial score (nSPS) is 10.6. The number of hydrazone groups is 1. The van der Waals surface area contributed by atoms with Gasteiger partial charge < -0.3 is 19.5 Å². The molecule has 35 heavy (non-hydrogen) atoms. The molecule has 3 aromatic carbocycles. The number of methoxy groups -OCH3 is 2. The number of ether oxygens (including phenoxy) is 3. The molecule has 0 aromatic heterocycles. The Balaban J connectivity index is 1.62. The van der Waals surface area contributed by atoms with Gasteiger partial charge in [-0.25, -0.2) is 9.82 Å². The molecular weight excluding hydrogens is 477 g/mol. The van der Waals surface area contributed by atoms with Crippen molar-refractivity contribution in [1.82, 2.24) is 10.7 Å². The Morgan fingerprint density at radius 1 is 1.00 bits per heavy atom. The first-order chi connectivity index (χ1) is 16.9. The third-order valence-electron chi connectivity index (χ3n) is 4.84. The van der Waals surface area contributed by atoms with Gasteiger partial charge in [-0.1, -0.05) is 35.9 Å². The van der Waals surface area contributed by atoms with Crippen molar-refractivity contribution in [1.29, 1.82) is 0 Å². The van der Waals surface area contributed by atoms with Crippen LogP contribution in [0, 0.1) is 5.82 Å². The molecule has 0 aliphatic rings. The summed E-state index contributed by atoms with van der Waals surface area (Å²) < 4.78 is 30.3. The van der Waals surface area contributed by atoms with E-state index in [4.69, 9.17) is 25.8 Å². The summed E-state index contributed by atoms with van der Waals surface area (Å²) in [6.07, 6.45) is 1.29. The van der Waals surface area contributed by atoms with Gasteiger partial charge in [-0.05, 0) is 42.0 Å². The highest BCUT2D eigenvalue weighted by molar-refractivity contribution is 6.35. The van der Waals surface area contributed by atoms with Crippen LogP contribution in [-0.2, 0) is 22.7 Å². The van der Waals surface area contributed by atoms with E-state index in [0.29, 0.717) is 17.1 Å². The zero-order valence-corrected chi connectivity index (χ0v) is 19.8. The van der Waals surface area contributed by atoms with Crippen molar-refractivity contribution in [3.8, 4) is 17.2 Å². The standard InChI is InChI=1S/C25H23ClFN3O5/c1-33-18-11-9-16(10-12-18)13-28-24(31)25(32)30-29-14-17-5-3-8-22(34-2)23(17)35-15-19-20(26)6-4-7-21(19)27/h3-12,14H,13,15H2,1-2H3,(H,28,31)(H,30,32)/b29-14-. The summed E-state index contributed by atoms with van der Waals surface area (Å²) in [5, 5.41) is 6.56. The number of halogens is 2. The van der Waals surface area contributed by atoms with Crippen molar-refractivity contribution in [2.75, 3.05) is 14.2 Å². The zero-order chi connectivity index (χ0) is 25.2. The van der Waals surface area contributed by atoms with Gasteiger partial charge in [0.15, 0.2) is 11.5 Å². The Bertz CT molecular complexity index is 1200. The van der Waals surface area contributed by atoms with E-state index in [1.165, 1.54) is 25.5 Å². The number of hydrogen-bond acceptors (Lipinski definition) is 6. The second-order valence-corrected chi connectivity index (χ2v) is 7.50. The first-order valence-electron chi connectivity index (χ1n) is 10.4. The number of para-hydroxylation sites is 1. The van der Waals surface area contributed by atoms with E-state index in [9.17, 15) is 14.0 Å². The monoisotopic (exact) mass is 499 g/mol. The summed E-state index contributed by atoms with van der Waals surface area (Å²) in [5.74, 6) is -0.991. The van der Waals surface area contributed by atoms with E-state index in [0.717, 1.165) is 5.56 Å². The lowest BCUT2D eigenvalue weighted by Crippen LogP contribution is -2.37. The molecule has 0 heterocycles. The van der Waals surface area contributed by atoms with E-state index in [-0.39, 0.29) is 29.5 Å². The minimum atomic E-state index is -0.946. The Hall–Kier alpha value is -4.11. The third-order valence-corrected chi connectivity index (χ3v) is 5.19. The molecule has 0 bridgehead atoms. The molecule has 0 atom stereocenters. The van der Waals surface area contributed by atoms with E-state index >= 15 is 0 Å². The lowest BCUT2D eigenvalue weighted by molar-refractivity contribution is -0.139. The molecule has 182 valence electrons. The summed E-state index contributed by atoms with van der Waals surface area (Å²) in [5.41, 5.74) is 3.57. The Kier molecular flexibility index (Phi) is 9.02. The molecule has 0 aliphatic heterocycles. The van der Waals surface area contributed by atoms with Gasteiger partial charge in [-0.15, -0.1) is 0 Å². The number of rotatable bonds is 9. The summed E-state index contributed by atoms with van der Waals surface area (Å²) >= 11 is 6.07. The van der Waals surface area contributed by atoms with E-state index in [1.54, 1.807) is 55.6 Å². The molecule has 0 fully saturated rings. The number of benzene rings is 3. The van der Waals surface area contributed by atoms with Crippen LogP contribution in [0.3, 0.4) is 0 Å². The van der Waals surface area contributed by atoms with Crippen LogP contribution >= 0.6 is 11.6 Å². The van der Waals surface area contributed by atoms with Crippen molar-refractivity contribution in [2.45, 2.75) is 13.2 Å². The molecule has 0 spiro atoms. The number of carbonyl (C=O) groups is 2. The number of carbonyl (C=O) groups excluding carboxylic acids is 2. The molecule has 0 saturated carbocycles. The third kappa shape index (κ3) is 6.94. The van der Waals surface area contributed by atoms with Crippen molar-refractivity contribution in [2.24, 2.45) is 5.10 Å². The van der Waals surface area contributed by atoms with Gasteiger partial charge in [0.2, 0.25) is 0 Å². The molecule has 3 aromatic rings. The fourth-order valence-electron chi connectivity index (χ4n) is 2.98. The highest BCUT2D eigenvalue weighted by Gasteiger charge is 2.15. The fraction of sp³-hybridized carbons (Fsp3) is 0.160. The minimum absolute atomic E-state index is 0.159. The van der Waals surface area contributed by atoms with Gasteiger partial charge in [0.05, 0.1) is 25.5 Å². The summed E-state index contributed by atoms with van der Waals surface area (Å²) in [6.45, 7) is -0.000710. The summed E-state index contributed by atoms with van der Waals surface area (Å²) in [6, 6.07) is 16.4. The Labute approximate surface area is 206 Å². The summed E-state index contributed by atoms with van der Waals surface area (Å²) in [7, 11) is 3.01. The molecule has 0 unspecified atom stereocenters. The largest absolute Gasteiger partial charge is 0.497 e. The second kappa shape index (κ2) is 12.4. The van der Waals surface area contributed by atoms with Crippen LogP contribution in [-0.4, -0.2) is 32.2 Å². The minimum Gasteiger partial charge on any atom is -0.497 e. The molecule has 3 rings (SSSR count). The van der Waals surface area contributed by atoms with Gasteiger partial charge in [0, 0.05) is 17.7 Å². The Morgan fingerprint density at radius 2 is 1.74 bits per heavy atom. The predicted octanol–water partition coefficient (Wildman–Crippen LogP) is 3.84. The average molecular weight is 500 g/mol. The van der Waals surface area contributed by atoms with Gasteiger partial charge in [0.1, 0.15) is 18.2 Å². The molecule has 0 aliphatic carbocycles. The van der Waals surface area contributed by atoms with Crippen LogP contribution in [0.1, 0.15) is 16.7 Å². The lowest BCUT2D eigenvalue weighted by Gasteiger charge is -2.14. The Morgan fingerprint density at radius 3 is 2.43 bits per heavy atom.